The Morgan fingerprint density at radius 1 is 1.15 bits per heavy atom. The first kappa shape index (κ1) is 15.5. The maximum absolute atomic E-state index is 9.33. The first-order chi connectivity index (χ1) is 9.72. The highest BCUT2D eigenvalue weighted by Gasteiger charge is 2.22. The molecule has 2 rings (SSSR count). The molecule has 0 aliphatic carbocycles. The molecule has 1 saturated heterocycles. The second kappa shape index (κ2) is 7.77. The summed E-state index contributed by atoms with van der Waals surface area (Å²) in [6.45, 7) is 6.51. The van der Waals surface area contributed by atoms with E-state index in [1.165, 1.54) is 37.1 Å². The number of nitrogens with zero attached hydrogens (tertiary/aromatic N) is 2. The van der Waals surface area contributed by atoms with E-state index in [1.807, 2.05) is 0 Å². The van der Waals surface area contributed by atoms with Crippen molar-refractivity contribution in [2.75, 3.05) is 33.3 Å². The van der Waals surface area contributed by atoms with E-state index in [-0.39, 0.29) is 6.61 Å². The standard InChI is InChI=1S/C17H28N2O/c1-3-15-4-6-16(7-5-15)14-19(12-13-20)17-8-10-18(2)11-9-17/h4-7,17,20H,3,8-14H2,1-2H3. The van der Waals surface area contributed by atoms with E-state index in [0.29, 0.717) is 6.04 Å². The Morgan fingerprint density at radius 3 is 2.30 bits per heavy atom. The number of piperidine rings is 1. The minimum atomic E-state index is 0.249. The maximum Gasteiger partial charge on any atom is 0.0558 e. The maximum atomic E-state index is 9.33. The van der Waals surface area contributed by atoms with Crippen molar-refractivity contribution < 1.29 is 5.11 Å². The number of rotatable bonds is 6. The van der Waals surface area contributed by atoms with Gasteiger partial charge in [-0.3, -0.25) is 4.90 Å². The van der Waals surface area contributed by atoms with E-state index in [1.54, 1.807) is 0 Å². The summed E-state index contributed by atoms with van der Waals surface area (Å²) in [5.41, 5.74) is 2.75. The van der Waals surface area contributed by atoms with Crippen LogP contribution in [0.5, 0.6) is 0 Å². The van der Waals surface area contributed by atoms with Crippen LogP contribution in [0.1, 0.15) is 30.9 Å². The minimum Gasteiger partial charge on any atom is -0.395 e. The molecule has 20 heavy (non-hydrogen) atoms. The number of likely N-dealkylation sites (tertiary alicyclic amines) is 1. The molecule has 1 fully saturated rings. The summed E-state index contributed by atoms with van der Waals surface area (Å²) >= 11 is 0. The van der Waals surface area contributed by atoms with Gasteiger partial charge in [0, 0.05) is 19.1 Å². The summed E-state index contributed by atoms with van der Waals surface area (Å²) in [5, 5.41) is 9.33. The van der Waals surface area contributed by atoms with E-state index in [2.05, 4.69) is 48.0 Å². The van der Waals surface area contributed by atoms with Gasteiger partial charge < -0.3 is 10.0 Å². The smallest absolute Gasteiger partial charge is 0.0558 e. The van der Waals surface area contributed by atoms with Crippen molar-refractivity contribution >= 4 is 0 Å². The van der Waals surface area contributed by atoms with Crippen molar-refractivity contribution in [3.8, 4) is 0 Å². The number of aliphatic hydroxyl groups is 1. The fourth-order valence-electron chi connectivity index (χ4n) is 2.99. The van der Waals surface area contributed by atoms with Crippen LogP contribution in [-0.4, -0.2) is 54.2 Å². The number of hydrogen-bond donors (Lipinski definition) is 1. The van der Waals surface area contributed by atoms with Gasteiger partial charge in [-0.25, -0.2) is 0 Å². The zero-order valence-electron chi connectivity index (χ0n) is 12.9. The van der Waals surface area contributed by atoms with Crippen LogP contribution in [0, 0.1) is 0 Å². The monoisotopic (exact) mass is 276 g/mol. The van der Waals surface area contributed by atoms with Crippen LogP contribution in [-0.2, 0) is 13.0 Å². The molecule has 1 aliphatic heterocycles. The Balaban J connectivity index is 1.97. The van der Waals surface area contributed by atoms with Crippen LogP contribution < -0.4 is 0 Å². The fourth-order valence-corrected chi connectivity index (χ4v) is 2.99. The Hall–Kier alpha value is -0.900. The van der Waals surface area contributed by atoms with Crippen LogP contribution in [0.4, 0.5) is 0 Å². The lowest BCUT2D eigenvalue weighted by Crippen LogP contribution is -2.44. The average Bonchev–Trinajstić information content (AvgIpc) is 2.48. The summed E-state index contributed by atoms with van der Waals surface area (Å²) in [4.78, 5) is 4.84. The van der Waals surface area contributed by atoms with Crippen LogP contribution >= 0.6 is 0 Å². The lowest BCUT2D eigenvalue weighted by atomic mass is 10.0. The first-order valence-corrected chi connectivity index (χ1v) is 7.84. The molecule has 1 N–H and O–H groups in total. The molecule has 3 heteroatoms. The molecule has 1 aromatic rings. The average molecular weight is 276 g/mol. The van der Waals surface area contributed by atoms with Gasteiger partial charge in [-0.1, -0.05) is 31.2 Å². The SMILES string of the molecule is CCc1ccc(CN(CCO)C2CCN(C)CC2)cc1. The van der Waals surface area contributed by atoms with Crippen LogP contribution in [0.15, 0.2) is 24.3 Å². The normalized spacial score (nSPS) is 17.8. The zero-order valence-corrected chi connectivity index (χ0v) is 12.9. The van der Waals surface area contributed by atoms with E-state index < -0.39 is 0 Å². The van der Waals surface area contributed by atoms with Crippen molar-refractivity contribution in [3.63, 3.8) is 0 Å². The fraction of sp³-hybridized carbons (Fsp3) is 0.647. The van der Waals surface area contributed by atoms with E-state index in [4.69, 9.17) is 0 Å². The summed E-state index contributed by atoms with van der Waals surface area (Å²) in [6.07, 6.45) is 3.52. The second-order valence-electron chi connectivity index (χ2n) is 5.90. The summed E-state index contributed by atoms with van der Waals surface area (Å²) < 4.78 is 0. The van der Waals surface area contributed by atoms with Crippen molar-refractivity contribution in [1.29, 1.82) is 0 Å². The molecule has 0 spiro atoms. The van der Waals surface area contributed by atoms with E-state index in [0.717, 1.165) is 19.5 Å². The molecular formula is C17H28N2O. The third kappa shape index (κ3) is 4.30. The number of aryl methyl sites for hydroxylation is 1. The first-order valence-electron chi connectivity index (χ1n) is 7.84. The molecule has 0 atom stereocenters. The number of benzene rings is 1. The number of aliphatic hydroxyl groups excluding tert-OH is 1. The molecule has 0 aromatic heterocycles. The Kier molecular flexibility index (Phi) is 6.02. The van der Waals surface area contributed by atoms with Crippen molar-refractivity contribution in [2.24, 2.45) is 0 Å². The van der Waals surface area contributed by atoms with E-state index >= 15 is 0 Å². The minimum absolute atomic E-state index is 0.249. The van der Waals surface area contributed by atoms with Gasteiger partial charge in [-0.05, 0) is 50.5 Å². The molecule has 1 heterocycles. The molecular weight excluding hydrogens is 248 g/mol. The highest BCUT2D eigenvalue weighted by Crippen LogP contribution is 2.18. The molecule has 0 saturated carbocycles. The Bertz CT molecular complexity index is 382. The molecule has 1 aliphatic rings. The molecule has 0 unspecified atom stereocenters. The van der Waals surface area contributed by atoms with Gasteiger partial charge in [-0.2, -0.15) is 0 Å². The zero-order chi connectivity index (χ0) is 14.4. The summed E-state index contributed by atoms with van der Waals surface area (Å²) in [7, 11) is 2.19. The van der Waals surface area contributed by atoms with Gasteiger partial charge in [0.05, 0.1) is 6.61 Å². The third-order valence-electron chi connectivity index (χ3n) is 4.41. The molecule has 112 valence electrons. The topological polar surface area (TPSA) is 26.7 Å². The van der Waals surface area contributed by atoms with Crippen LogP contribution in [0.3, 0.4) is 0 Å². The number of hydrogen-bond acceptors (Lipinski definition) is 3. The third-order valence-corrected chi connectivity index (χ3v) is 4.41. The molecule has 0 radical (unpaired) electrons. The predicted octanol–water partition coefficient (Wildman–Crippen LogP) is 2.14. The van der Waals surface area contributed by atoms with E-state index in [9.17, 15) is 5.11 Å². The van der Waals surface area contributed by atoms with Crippen molar-refractivity contribution in [3.05, 3.63) is 35.4 Å². The van der Waals surface area contributed by atoms with Gasteiger partial charge >= 0.3 is 0 Å². The summed E-state index contributed by atoms with van der Waals surface area (Å²) in [6, 6.07) is 9.53. The van der Waals surface area contributed by atoms with Gasteiger partial charge in [0.1, 0.15) is 0 Å². The Morgan fingerprint density at radius 2 is 1.75 bits per heavy atom. The van der Waals surface area contributed by atoms with Crippen molar-refractivity contribution in [2.45, 2.75) is 38.8 Å². The van der Waals surface area contributed by atoms with Crippen LogP contribution in [0.2, 0.25) is 0 Å². The van der Waals surface area contributed by atoms with Gasteiger partial charge in [0.25, 0.3) is 0 Å². The lowest BCUT2D eigenvalue weighted by Gasteiger charge is -2.37. The summed E-state index contributed by atoms with van der Waals surface area (Å²) in [5.74, 6) is 0. The van der Waals surface area contributed by atoms with Gasteiger partial charge in [0.15, 0.2) is 0 Å². The lowest BCUT2D eigenvalue weighted by molar-refractivity contribution is 0.0941. The molecule has 3 nitrogen and oxygen atoms in total. The predicted molar refractivity (Wildman–Crippen MR) is 83.8 cm³/mol. The molecule has 1 aromatic carbocycles. The van der Waals surface area contributed by atoms with Crippen molar-refractivity contribution in [1.82, 2.24) is 9.80 Å². The van der Waals surface area contributed by atoms with Gasteiger partial charge in [-0.15, -0.1) is 0 Å². The quantitative estimate of drug-likeness (QED) is 0.862. The molecule has 0 bridgehead atoms. The largest absolute Gasteiger partial charge is 0.395 e. The highest BCUT2D eigenvalue weighted by molar-refractivity contribution is 5.22. The molecule has 0 amide bonds. The Labute approximate surface area is 123 Å². The van der Waals surface area contributed by atoms with Gasteiger partial charge in [0.2, 0.25) is 0 Å². The highest BCUT2D eigenvalue weighted by atomic mass is 16.3. The van der Waals surface area contributed by atoms with Crippen LogP contribution in [0.25, 0.3) is 0 Å². The second-order valence-corrected chi connectivity index (χ2v) is 5.90.